The van der Waals surface area contributed by atoms with Crippen molar-refractivity contribution < 1.29 is 20.1 Å². The van der Waals surface area contributed by atoms with Crippen molar-refractivity contribution in [2.45, 2.75) is 0 Å². The number of carbonyl (C=O) groups is 1. The van der Waals surface area contributed by atoms with Crippen molar-refractivity contribution in [2.24, 2.45) is 0 Å². The minimum Gasteiger partial charge on any atom is -0.508 e. The van der Waals surface area contributed by atoms with Gasteiger partial charge in [0.05, 0.1) is 0 Å². The first kappa shape index (κ1) is 7.40. The first-order chi connectivity index (χ1) is 5.11. The second-order valence-electron chi connectivity index (χ2n) is 1.99. The Hall–Kier alpha value is -1.71. The van der Waals surface area contributed by atoms with Gasteiger partial charge < -0.3 is 10.2 Å². The van der Waals surface area contributed by atoms with Crippen LogP contribution in [0.2, 0.25) is 0 Å². The lowest BCUT2D eigenvalue weighted by Crippen LogP contribution is -1.93. The number of aromatic hydroxyl groups is 2. The van der Waals surface area contributed by atoms with E-state index in [2.05, 4.69) is 0 Å². The van der Waals surface area contributed by atoms with Crippen LogP contribution in [0.3, 0.4) is 0 Å². The second kappa shape index (κ2) is 2.49. The lowest BCUT2D eigenvalue weighted by atomic mass is 10.2. The predicted molar refractivity (Wildman–Crippen MR) is 34.8 cm³/mol. The van der Waals surface area contributed by atoms with E-state index in [1.54, 1.807) is 0 Å². The zero-order valence-electron chi connectivity index (χ0n) is 5.44. The van der Waals surface area contributed by atoms with Crippen molar-refractivity contribution in [3.63, 3.8) is 0 Å². The van der Waals surface area contributed by atoms with Crippen molar-refractivity contribution in [1.82, 2.24) is 0 Å². The molecule has 57 valence electrons. The first-order valence-electron chi connectivity index (χ1n) is 2.84. The van der Waals surface area contributed by atoms with Crippen LogP contribution in [-0.4, -0.2) is 16.2 Å². The normalized spacial score (nSPS) is 9.45. The van der Waals surface area contributed by atoms with Crippen LogP contribution in [0.5, 0.6) is 11.5 Å². The highest BCUT2D eigenvalue weighted by molar-refractivity contribution is 5.90. The number of rotatable bonds is 1. The van der Waals surface area contributed by atoms with Crippen LogP contribution in [0.4, 0.5) is 0 Å². The van der Waals surface area contributed by atoms with Crippen molar-refractivity contribution in [3.8, 4) is 11.5 Å². The molecule has 0 amide bonds. The van der Waals surface area contributed by atoms with E-state index in [4.69, 9.17) is 10.2 Å². The summed E-state index contributed by atoms with van der Waals surface area (Å²) in [7, 11) is 0. The van der Waals surface area contributed by atoms with Crippen molar-refractivity contribution in [3.05, 3.63) is 23.8 Å². The summed E-state index contributed by atoms with van der Waals surface area (Å²) in [6.45, 7) is 0. The molecule has 0 aliphatic heterocycles. The first-order valence-corrected chi connectivity index (χ1v) is 2.84. The van der Waals surface area contributed by atoms with Crippen LogP contribution >= 0.6 is 0 Å². The molecule has 0 aliphatic rings. The van der Waals surface area contributed by atoms with Crippen LogP contribution in [0.15, 0.2) is 18.2 Å². The van der Waals surface area contributed by atoms with Crippen molar-refractivity contribution in [2.75, 3.05) is 0 Å². The topological polar surface area (TPSA) is 77.4 Å². The third-order valence-electron chi connectivity index (χ3n) is 1.20. The molecule has 1 radical (unpaired) electrons. The Kier molecular flexibility index (Phi) is 1.68. The molecule has 0 aliphatic carbocycles. The lowest BCUT2D eigenvalue weighted by molar-refractivity contribution is 0.0570. The largest absolute Gasteiger partial charge is 0.508 e. The molecule has 11 heavy (non-hydrogen) atoms. The number of hydrogen-bond donors (Lipinski definition) is 2. The standard InChI is InChI=1S/C7H5O4/c8-4-1-2-5(7(10)11)6(9)3-4/h1-3,8-9H. The van der Waals surface area contributed by atoms with E-state index in [9.17, 15) is 9.90 Å². The number of phenolic OH excluding ortho intramolecular Hbond substituents is 2. The maximum atomic E-state index is 10.2. The quantitative estimate of drug-likeness (QED) is 0.622. The fourth-order valence-electron chi connectivity index (χ4n) is 0.693. The van der Waals surface area contributed by atoms with Gasteiger partial charge in [0, 0.05) is 6.07 Å². The smallest absolute Gasteiger partial charge is 0.390 e. The fraction of sp³-hybridized carbons (Fsp3) is 0. The zero-order chi connectivity index (χ0) is 8.43. The molecule has 1 aromatic carbocycles. The molecule has 2 N–H and O–H groups in total. The highest BCUT2D eigenvalue weighted by atomic mass is 16.4. The van der Waals surface area contributed by atoms with E-state index in [0.29, 0.717) is 0 Å². The molecular weight excluding hydrogens is 148 g/mol. The molecule has 0 heterocycles. The Labute approximate surface area is 62.3 Å². The Morgan fingerprint density at radius 3 is 2.36 bits per heavy atom. The van der Waals surface area contributed by atoms with E-state index < -0.39 is 11.7 Å². The summed E-state index contributed by atoms with van der Waals surface area (Å²) in [4.78, 5) is 10.2. The second-order valence-corrected chi connectivity index (χ2v) is 1.99. The maximum Gasteiger partial charge on any atom is 0.390 e. The number of hydrogen-bond acceptors (Lipinski definition) is 3. The number of carbonyl (C=O) groups excluding carboxylic acids is 1. The minimum absolute atomic E-state index is 0.187. The van der Waals surface area contributed by atoms with Gasteiger partial charge in [-0.15, -0.1) is 0 Å². The summed E-state index contributed by atoms with van der Waals surface area (Å²) in [5.74, 6) is -2.15. The molecule has 0 bridgehead atoms. The molecule has 0 unspecified atom stereocenters. The van der Waals surface area contributed by atoms with Crippen LogP contribution in [0, 0.1) is 0 Å². The van der Waals surface area contributed by atoms with Crippen molar-refractivity contribution >= 4 is 5.97 Å². The van der Waals surface area contributed by atoms with Gasteiger partial charge >= 0.3 is 5.97 Å². The average Bonchev–Trinajstić information content (AvgIpc) is 1.85. The van der Waals surface area contributed by atoms with Crippen molar-refractivity contribution in [1.29, 1.82) is 0 Å². The third-order valence-corrected chi connectivity index (χ3v) is 1.20. The Balaban J connectivity index is 3.20. The highest BCUT2D eigenvalue weighted by Gasteiger charge is 2.10. The Morgan fingerprint density at radius 2 is 1.91 bits per heavy atom. The van der Waals surface area contributed by atoms with Gasteiger partial charge in [0.25, 0.3) is 0 Å². The van der Waals surface area contributed by atoms with E-state index in [1.807, 2.05) is 0 Å². The molecule has 0 saturated heterocycles. The molecular formula is C7H5O4. The average molecular weight is 153 g/mol. The van der Waals surface area contributed by atoms with Crippen LogP contribution in [-0.2, 0) is 5.11 Å². The molecule has 1 rings (SSSR count). The minimum atomic E-state index is -1.47. The van der Waals surface area contributed by atoms with Gasteiger partial charge in [-0.2, -0.15) is 0 Å². The lowest BCUT2D eigenvalue weighted by Gasteiger charge is -1.96. The molecule has 1 aromatic rings. The van der Waals surface area contributed by atoms with E-state index >= 15 is 0 Å². The molecule has 4 heteroatoms. The van der Waals surface area contributed by atoms with E-state index in [1.165, 1.54) is 0 Å². The van der Waals surface area contributed by atoms with E-state index in [-0.39, 0.29) is 11.3 Å². The summed E-state index contributed by atoms with van der Waals surface area (Å²) in [6, 6.07) is 3.16. The molecule has 0 aromatic heterocycles. The molecule has 0 saturated carbocycles. The molecule has 0 spiro atoms. The van der Waals surface area contributed by atoms with Crippen LogP contribution in [0.25, 0.3) is 0 Å². The molecule has 0 atom stereocenters. The SMILES string of the molecule is [O]C(=O)c1ccc(O)cc1O. The van der Waals surface area contributed by atoms with E-state index in [0.717, 1.165) is 18.2 Å². The van der Waals surface area contributed by atoms with Crippen LogP contribution < -0.4 is 0 Å². The Morgan fingerprint density at radius 1 is 1.27 bits per heavy atom. The van der Waals surface area contributed by atoms with Crippen LogP contribution in [0.1, 0.15) is 10.4 Å². The molecule has 4 nitrogen and oxygen atoms in total. The summed E-state index contributed by atoms with van der Waals surface area (Å²) < 4.78 is 0. The predicted octanol–water partition coefficient (Wildman–Crippen LogP) is 0.669. The van der Waals surface area contributed by atoms with Gasteiger partial charge in [0.1, 0.15) is 17.1 Å². The summed E-state index contributed by atoms with van der Waals surface area (Å²) >= 11 is 0. The summed E-state index contributed by atoms with van der Waals surface area (Å²) in [5.41, 5.74) is -0.331. The number of phenols is 2. The summed E-state index contributed by atoms with van der Waals surface area (Å²) in [6.07, 6.45) is 0. The highest BCUT2D eigenvalue weighted by Crippen LogP contribution is 2.22. The zero-order valence-corrected chi connectivity index (χ0v) is 5.44. The van der Waals surface area contributed by atoms with Gasteiger partial charge in [-0.25, -0.2) is 9.90 Å². The van der Waals surface area contributed by atoms with Gasteiger partial charge in [-0.3, -0.25) is 0 Å². The van der Waals surface area contributed by atoms with Gasteiger partial charge in [-0.1, -0.05) is 0 Å². The maximum absolute atomic E-state index is 10.2. The third kappa shape index (κ3) is 1.40. The fourth-order valence-corrected chi connectivity index (χ4v) is 0.693. The monoisotopic (exact) mass is 153 g/mol. The summed E-state index contributed by atoms with van der Waals surface area (Å²) in [5, 5.41) is 27.8. The number of benzene rings is 1. The Bertz CT molecular complexity index is 292. The van der Waals surface area contributed by atoms with Gasteiger partial charge in [0.2, 0.25) is 0 Å². The van der Waals surface area contributed by atoms with Gasteiger partial charge in [-0.05, 0) is 12.1 Å². The molecule has 0 fully saturated rings. The van der Waals surface area contributed by atoms with Gasteiger partial charge in [0.15, 0.2) is 0 Å².